The molecule has 124 valence electrons. The second-order valence-corrected chi connectivity index (χ2v) is 5.27. The summed E-state index contributed by atoms with van der Waals surface area (Å²) < 4.78 is 13.5. The van der Waals surface area contributed by atoms with E-state index in [4.69, 9.17) is 0 Å². The third-order valence-corrected chi connectivity index (χ3v) is 3.38. The first-order valence-electron chi connectivity index (χ1n) is 7.59. The Balaban J connectivity index is 1.84. The maximum atomic E-state index is 13.5. The molecule has 4 nitrogen and oxygen atoms in total. The van der Waals surface area contributed by atoms with Crippen LogP contribution in [0.15, 0.2) is 59.7 Å². The molecule has 0 aliphatic heterocycles. The van der Waals surface area contributed by atoms with E-state index >= 15 is 0 Å². The summed E-state index contributed by atoms with van der Waals surface area (Å²) in [5, 5.41) is 13.6. The van der Waals surface area contributed by atoms with E-state index in [2.05, 4.69) is 10.5 Å². The summed E-state index contributed by atoms with van der Waals surface area (Å²) in [6, 6.07) is 13.3. The summed E-state index contributed by atoms with van der Waals surface area (Å²) in [5.41, 5.74) is 4.17. The molecule has 0 bridgehead atoms. The number of nitrogens with one attached hydrogen (secondary N) is 1. The number of para-hydroxylation sites is 1. The highest BCUT2D eigenvalue weighted by molar-refractivity contribution is 5.97. The molecule has 5 heteroatoms. The molecule has 0 atom stereocenters. The number of hydrazone groups is 1. The molecule has 2 aromatic carbocycles. The molecular weight excluding hydrogens is 307 g/mol. The van der Waals surface area contributed by atoms with E-state index in [1.54, 1.807) is 55.5 Å². The number of phenolic OH excluding ortho intramolecular Hbond substituents is 1. The van der Waals surface area contributed by atoms with E-state index in [0.29, 0.717) is 23.3 Å². The van der Waals surface area contributed by atoms with Gasteiger partial charge in [0.25, 0.3) is 0 Å². The number of carbonyl (C=O) groups is 1. The number of allylic oxidation sites excluding steroid dienone is 1. The number of nitrogens with zero attached hydrogens (tertiary/aromatic N) is 1. The van der Waals surface area contributed by atoms with Crippen LogP contribution in [0.25, 0.3) is 6.08 Å². The number of aromatic hydroxyl groups is 1. The predicted octanol–water partition coefficient (Wildman–Crippen LogP) is 3.67. The monoisotopic (exact) mass is 326 g/mol. The minimum Gasteiger partial charge on any atom is -0.508 e. The fourth-order valence-corrected chi connectivity index (χ4v) is 2.03. The molecular formula is C19H19FN2O2. The molecule has 2 rings (SSSR count). The maximum absolute atomic E-state index is 13.5. The van der Waals surface area contributed by atoms with Gasteiger partial charge in [-0.15, -0.1) is 0 Å². The molecule has 0 unspecified atom stereocenters. The Labute approximate surface area is 140 Å². The van der Waals surface area contributed by atoms with Gasteiger partial charge in [-0.25, -0.2) is 9.82 Å². The summed E-state index contributed by atoms with van der Waals surface area (Å²) in [6.07, 6.45) is 3.87. The number of benzene rings is 2. The third kappa shape index (κ3) is 5.35. The second kappa shape index (κ2) is 8.62. The fourth-order valence-electron chi connectivity index (χ4n) is 2.03. The van der Waals surface area contributed by atoms with Gasteiger partial charge in [0.05, 0.1) is 5.71 Å². The van der Waals surface area contributed by atoms with Crippen LogP contribution in [-0.4, -0.2) is 16.7 Å². The Morgan fingerprint density at radius 2 is 1.92 bits per heavy atom. The van der Waals surface area contributed by atoms with Gasteiger partial charge in [0, 0.05) is 12.0 Å². The van der Waals surface area contributed by atoms with Crippen LogP contribution >= 0.6 is 0 Å². The van der Waals surface area contributed by atoms with Crippen LogP contribution in [0.4, 0.5) is 4.39 Å². The first kappa shape index (κ1) is 17.4. The third-order valence-electron chi connectivity index (χ3n) is 3.38. The smallest absolute Gasteiger partial charge is 0.240 e. The van der Waals surface area contributed by atoms with Crippen LogP contribution in [0.5, 0.6) is 5.75 Å². The zero-order valence-electron chi connectivity index (χ0n) is 13.4. The van der Waals surface area contributed by atoms with Crippen molar-refractivity contribution < 1.29 is 14.3 Å². The van der Waals surface area contributed by atoms with Crippen LogP contribution in [0.1, 0.15) is 24.5 Å². The molecule has 0 spiro atoms. The van der Waals surface area contributed by atoms with Crippen LogP contribution in [-0.2, 0) is 11.2 Å². The fraction of sp³-hybridized carbons (Fsp3) is 0.158. The van der Waals surface area contributed by atoms with Gasteiger partial charge >= 0.3 is 0 Å². The molecule has 0 radical (unpaired) electrons. The first-order valence-corrected chi connectivity index (χ1v) is 7.59. The molecule has 24 heavy (non-hydrogen) atoms. The molecule has 0 aliphatic rings. The maximum Gasteiger partial charge on any atom is 0.240 e. The Hall–Kier alpha value is -2.95. The van der Waals surface area contributed by atoms with Crippen molar-refractivity contribution in [2.45, 2.75) is 19.8 Å². The molecule has 0 fully saturated rings. The average Bonchev–Trinajstić information content (AvgIpc) is 2.58. The van der Waals surface area contributed by atoms with E-state index in [1.807, 2.05) is 6.07 Å². The van der Waals surface area contributed by atoms with Gasteiger partial charge in [-0.05, 0) is 37.1 Å². The Kier molecular flexibility index (Phi) is 6.25. The average molecular weight is 326 g/mol. The Morgan fingerprint density at radius 1 is 1.21 bits per heavy atom. The molecule has 0 heterocycles. The number of carbonyl (C=O) groups excluding carboxylic acids is 1. The number of halogens is 1. The van der Waals surface area contributed by atoms with Gasteiger partial charge in [0.2, 0.25) is 5.91 Å². The highest BCUT2D eigenvalue weighted by Gasteiger charge is 2.04. The SMILES string of the molecule is CC(/C=C/c1ccccc1F)=N\NC(=O)CCc1ccccc1O. The first-order chi connectivity index (χ1) is 11.6. The van der Waals surface area contributed by atoms with Crippen molar-refractivity contribution in [1.82, 2.24) is 5.43 Å². The van der Waals surface area contributed by atoms with Gasteiger partial charge < -0.3 is 5.11 Å². The molecule has 0 aromatic heterocycles. The molecule has 0 saturated heterocycles. The van der Waals surface area contributed by atoms with Crippen molar-refractivity contribution >= 4 is 17.7 Å². The highest BCUT2D eigenvalue weighted by atomic mass is 19.1. The van der Waals surface area contributed by atoms with Crippen molar-refractivity contribution in [1.29, 1.82) is 0 Å². The van der Waals surface area contributed by atoms with E-state index in [-0.39, 0.29) is 23.9 Å². The van der Waals surface area contributed by atoms with Crippen molar-refractivity contribution in [3.8, 4) is 5.75 Å². The summed E-state index contributed by atoms with van der Waals surface area (Å²) in [6.45, 7) is 1.71. The van der Waals surface area contributed by atoms with Gasteiger partial charge in [0.1, 0.15) is 11.6 Å². The van der Waals surface area contributed by atoms with Crippen molar-refractivity contribution in [2.24, 2.45) is 5.10 Å². The van der Waals surface area contributed by atoms with Crippen LogP contribution < -0.4 is 5.43 Å². The predicted molar refractivity (Wildman–Crippen MR) is 93.1 cm³/mol. The number of amides is 1. The molecule has 1 amide bonds. The lowest BCUT2D eigenvalue weighted by Gasteiger charge is -2.03. The standard InChI is InChI=1S/C19H19FN2O2/c1-14(10-11-15-6-2-4-8-17(15)20)21-22-19(24)13-12-16-7-3-5-9-18(16)23/h2-11,23H,12-13H2,1H3,(H,22,24)/b11-10+,21-14+. The van der Waals surface area contributed by atoms with Crippen molar-refractivity contribution in [3.05, 3.63) is 71.6 Å². The minimum absolute atomic E-state index is 0.179. The topological polar surface area (TPSA) is 61.7 Å². The number of phenols is 1. The summed E-state index contributed by atoms with van der Waals surface area (Å²) >= 11 is 0. The van der Waals surface area contributed by atoms with Gasteiger partial charge in [-0.2, -0.15) is 5.10 Å². The minimum atomic E-state index is -0.312. The van der Waals surface area contributed by atoms with E-state index in [0.717, 1.165) is 0 Å². The number of aryl methyl sites for hydroxylation is 1. The van der Waals surface area contributed by atoms with Gasteiger partial charge in [-0.1, -0.05) is 42.5 Å². The van der Waals surface area contributed by atoms with E-state index in [1.165, 1.54) is 6.07 Å². The lowest BCUT2D eigenvalue weighted by Crippen LogP contribution is -2.18. The number of hydrogen-bond acceptors (Lipinski definition) is 3. The van der Waals surface area contributed by atoms with Gasteiger partial charge in [0.15, 0.2) is 0 Å². The Bertz CT molecular complexity index is 769. The zero-order valence-corrected chi connectivity index (χ0v) is 13.4. The normalized spacial score (nSPS) is 11.7. The Morgan fingerprint density at radius 3 is 2.67 bits per heavy atom. The van der Waals surface area contributed by atoms with E-state index in [9.17, 15) is 14.3 Å². The van der Waals surface area contributed by atoms with E-state index < -0.39 is 0 Å². The summed E-state index contributed by atoms with van der Waals surface area (Å²) in [5.74, 6) is -0.386. The van der Waals surface area contributed by atoms with Crippen LogP contribution in [0, 0.1) is 5.82 Å². The summed E-state index contributed by atoms with van der Waals surface area (Å²) in [4.78, 5) is 11.8. The van der Waals surface area contributed by atoms with Crippen LogP contribution in [0.2, 0.25) is 0 Å². The lowest BCUT2D eigenvalue weighted by molar-refractivity contribution is -0.121. The molecule has 2 aromatic rings. The molecule has 0 saturated carbocycles. The number of hydrogen-bond donors (Lipinski definition) is 2. The van der Waals surface area contributed by atoms with Crippen LogP contribution in [0.3, 0.4) is 0 Å². The highest BCUT2D eigenvalue weighted by Crippen LogP contribution is 2.17. The van der Waals surface area contributed by atoms with Gasteiger partial charge in [-0.3, -0.25) is 4.79 Å². The second-order valence-electron chi connectivity index (χ2n) is 5.27. The zero-order chi connectivity index (χ0) is 17.4. The molecule has 2 N–H and O–H groups in total. The quantitative estimate of drug-likeness (QED) is 0.628. The summed E-state index contributed by atoms with van der Waals surface area (Å²) in [7, 11) is 0. The molecule has 0 aliphatic carbocycles. The van der Waals surface area contributed by atoms with Crippen molar-refractivity contribution in [3.63, 3.8) is 0 Å². The lowest BCUT2D eigenvalue weighted by atomic mass is 10.1. The number of rotatable bonds is 6. The van der Waals surface area contributed by atoms with Crippen molar-refractivity contribution in [2.75, 3.05) is 0 Å². The largest absolute Gasteiger partial charge is 0.508 e.